The van der Waals surface area contributed by atoms with Crippen molar-refractivity contribution in [2.45, 2.75) is 47.0 Å². The molecule has 1 nitrogen and oxygen atoms in total. The van der Waals surface area contributed by atoms with E-state index >= 15 is 0 Å². The summed E-state index contributed by atoms with van der Waals surface area (Å²) in [4.78, 5) is 0. The van der Waals surface area contributed by atoms with Crippen LogP contribution in [-0.2, 0) is 6.42 Å². The zero-order chi connectivity index (χ0) is 12.8. The first-order valence-corrected chi connectivity index (χ1v) is 6.42. The van der Waals surface area contributed by atoms with Crippen LogP contribution < -0.4 is 4.74 Å². The van der Waals surface area contributed by atoms with E-state index in [4.69, 9.17) is 4.74 Å². The SMILES string of the molecule is COc1ccc2c(c1)CC(C)(C)C2C(C)(C)C. The smallest absolute Gasteiger partial charge is 0.119 e. The Bertz CT molecular complexity index is 424. The largest absolute Gasteiger partial charge is 0.497 e. The number of ether oxygens (including phenoxy) is 1. The van der Waals surface area contributed by atoms with Gasteiger partial charge >= 0.3 is 0 Å². The Morgan fingerprint density at radius 2 is 1.88 bits per heavy atom. The quantitative estimate of drug-likeness (QED) is 0.697. The van der Waals surface area contributed by atoms with Crippen LogP contribution in [0.1, 0.15) is 51.7 Å². The number of fused-ring (bicyclic) bond motifs is 1. The Morgan fingerprint density at radius 3 is 2.41 bits per heavy atom. The molecule has 0 bridgehead atoms. The van der Waals surface area contributed by atoms with Crippen molar-refractivity contribution in [1.82, 2.24) is 0 Å². The highest BCUT2D eigenvalue weighted by molar-refractivity contribution is 5.44. The molecule has 0 saturated carbocycles. The standard InChI is InChI=1S/C16H24O/c1-15(2,3)14-13-8-7-12(17-6)9-11(13)10-16(14,4)5/h7-9,14H,10H2,1-6H3. The van der Waals surface area contributed by atoms with Gasteiger partial charge in [0.2, 0.25) is 0 Å². The van der Waals surface area contributed by atoms with Gasteiger partial charge < -0.3 is 4.74 Å². The lowest BCUT2D eigenvalue weighted by Crippen LogP contribution is -2.29. The van der Waals surface area contributed by atoms with Crippen LogP contribution in [0.3, 0.4) is 0 Å². The van der Waals surface area contributed by atoms with Crippen molar-refractivity contribution < 1.29 is 4.74 Å². The van der Waals surface area contributed by atoms with Crippen LogP contribution in [0.5, 0.6) is 5.75 Å². The molecule has 0 saturated heterocycles. The van der Waals surface area contributed by atoms with Gasteiger partial charge in [-0.1, -0.05) is 40.7 Å². The Balaban J connectivity index is 2.51. The molecule has 94 valence electrons. The third-order valence-corrected chi connectivity index (χ3v) is 3.95. The monoisotopic (exact) mass is 232 g/mol. The van der Waals surface area contributed by atoms with E-state index in [0.717, 1.165) is 12.2 Å². The van der Waals surface area contributed by atoms with Crippen molar-refractivity contribution in [2.24, 2.45) is 10.8 Å². The van der Waals surface area contributed by atoms with Crippen molar-refractivity contribution in [3.8, 4) is 5.75 Å². The molecule has 1 aliphatic rings. The maximum absolute atomic E-state index is 5.33. The van der Waals surface area contributed by atoms with E-state index in [1.165, 1.54) is 11.1 Å². The zero-order valence-electron chi connectivity index (χ0n) is 11.9. The van der Waals surface area contributed by atoms with Crippen LogP contribution in [0, 0.1) is 10.8 Å². The minimum Gasteiger partial charge on any atom is -0.497 e. The molecule has 0 spiro atoms. The number of rotatable bonds is 1. The van der Waals surface area contributed by atoms with E-state index in [2.05, 4.69) is 52.8 Å². The molecule has 0 radical (unpaired) electrons. The van der Waals surface area contributed by atoms with Gasteiger partial charge in [0.05, 0.1) is 7.11 Å². The summed E-state index contributed by atoms with van der Waals surface area (Å²) in [5, 5.41) is 0. The zero-order valence-corrected chi connectivity index (χ0v) is 11.9. The van der Waals surface area contributed by atoms with Gasteiger partial charge in [-0.3, -0.25) is 0 Å². The summed E-state index contributed by atoms with van der Waals surface area (Å²) in [6.07, 6.45) is 1.15. The van der Waals surface area contributed by atoms with Gasteiger partial charge in [-0.25, -0.2) is 0 Å². The highest BCUT2D eigenvalue weighted by atomic mass is 16.5. The molecule has 0 heterocycles. The Morgan fingerprint density at radius 1 is 1.24 bits per heavy atom. The van der Waals surface area contributed by atoms with Crippen LogP contribution in [0.15, 0.2) is 18.2 Å². The molecule has 1 aliphatic carbocycles. The van der Waals surface area contributed by atoms with E-state index in [1.54, 1.807) is 7.11 Å². The summed E-state index contributed by atoms with van der Waals surface area (Å²) in [5.41, 5.74) is 3.63. The molecule has 0 amide bonds. The average Bonchev–Trinajstić information content (AvgIpc) is 2.45. The molecule has 1 unspecified atom stereocenters. The second kappa shape index (κ2) is 3.76. The summed E-state index contributed by atoms with van der Waals surface area (Å²) in [7, 11) is 1.74. The normalized spacial score (nSPS) is 22.4. The molecule has 0 N–H and O–H groups in total. The van der Waals surface area contributed by atoms with E-state index in [1.807, 2.05) is 0 Å². The summed E-state index contributed by atoms with van der Waals surface area (Å²) in [5.74, 6) is 1.60. The van der Waals surface area contributed by atoms with Gasteiger partial charge in [-0.05, 0) is 46.4 Å². The lowest BCUT2D eigenvalue weighted by Gasteiger charge is -2.38. The first-order chi connectivity index (χ1) is 7.75. The summed E-state index contributed by atoms with van der Waals surface area (Å²) < 4.78 is 5.33. The molecular weight excluding hydrogens is 208 g/mol. The Hall–Kier alpha value is -0.980. The maximum atomic E-state index is 5.33. The van der Waals surface area contributed by atoms with Crippen LogP contribution in [-0.4, -0.2) is 7.11 Å². The lowest BCUT2D eigenvalue weighted by molar-refractivity contribution is 0.178. The number of benzene rings is 1. The first kappa shape index (κ1) is 12.5. The maximum Gasteiger partial charge on any atom is 0.119 e. The predicted molar refractivity (Wildman–Crippen MR) is 72.7 cm³/mol. The molecule has 1 atom stereocenters. The van der Waals surface area contributed by atoms with Crippen molar-refractivity contribution in [3.63, 3.8) is 0 Å². The highest BCUT2D eigenvalue weighted by Crippen LogP contribution is 2.55. The third-order valence-electron chi connectivity index (χ3n) is 3.95. The summed E-state index contributed by atoms with van der Waals surface area (Å²) >= 11 is 0. The molecule has 0 aromatic heterocycles. The molecule has 0 aliphatic heterocycles. The van der Waals surface area contributed by atoms with Gasteiger partial charge in [-0.15, -0.1) is 0 Å². The van der Waals surface area contributed by atoms with Gasteiger partial charge in [0.25, 0.3) is 0 Å². The minimum absolute atomic E-state index is 0.309. The first-order valence-electron chi connectivity index (χ1n) is 6.42. The van der Waals surface area contributed by atoms with E-state index in [-0.39, 0.29) is 0 Å². The van der Waals surface area contributed by atoms with Gasteiger partial charge in [0.1, 0.15) is 5.75 Å². The number of hydrogen-bond acceptors (Lipinski definition) is 1. The molecule has 1 aromatic rings. The molecule has 17 heavy (non-hydrogen) atoms. The molecule has 2 rings (SSSR count). The topological polar surface area (TPSA) is 9.23 Å². The predicted octanol–water partition coefficient (Wildman–Crippen LogP) is 4.41. The molecule has 1 heteroatoms. The Kier molecular flexibility index (Phi) is 2.76. The van der Waals surface area contributed by atoms with Crippen molar-refractivity contribution >= 4 is 0 Å². The van der Waals surface area contributed by atoms with E-state index < -0.39 is 0 Å². The van der Waals surface area contributed by atoms with Crippen LogP contribution in [0.25, 0.3) is 0 Å². The summed E-state index contributed by atoms with van der Waals surface area (Å²) in [6, 6.07) is 6.57. The highest BCUT2D eigenvalue weighted by Gasteiger charge is 2.44. The number of methoxy groups -OCH3 is 1. The number of hydrogen-bond donors (Lipinski definition) is 0. The average molecular weight is 232 g/mol. The lowest BCUT2D eigenvalue weighted by atomic mass is 9.66. The van der Waals surface area contributed by atoms with E-state index in [0.29, 0.717) is 16.7 Å². The van der Waals surface area contributed by atoms with Crippen LogP contribution in [0.4, 0.5) is 0 Å². The molecular formula is C16H24O. The van der Waals surface area contributed by atoms with Crippen LogP contribution in [0.2, 0.25) is 0 Å². The summed E-state index contributed by atoms with van der Waals surface area (Å²) in [6.45, 7) is 11.8. The Labute approximate surface area is 105 Å². The fourth-order valence-corrected chi connectivity index (χ4v) is 3.80. The van der Waals surface area contributed by atoms with E-state index in [9.17, 15) is 0 Å². The van der Waals surface area contributed by atoms with Crippen molar-refractivity contribution in [2.75, 3.05) is 7.11 Å². The van der Waals surface area contributed by atoms with Crippen molar-refractivity contribution in [3.05, 3.63) is 29.3 Å². The fourth-order valence-electron chi connectivity index (χ4n) is 3.80. The van der Waals surface area contributed by atoms with Crippen molar-refractivity contribution in [1.29, 1.82) is 0 Å². The third kappa shape index (κ3) is 2.08. The molecule has 1 aromatic carbocycles. The fraction of sp³-hybridized carbons (Fsp3) is 0.625. The van der Waals surface area contributed by atoms with Gasteiger partial charge in [-0.2, -0.15) is 0 Å². The molecule has 0 fully saturated rings. The minimum atomic E-state index is 0.309. The van der Waals surface area contributed by atoms with Crippen LogP contribution >= 0.6 is 0 Å². The van der Waals surface area contributed by atoms with Gasteiger partial charge in [0, 0.05) is 0 Å². The second-order valence-electron chi connectivity index (χ2n) is 7.03. The second-order valence-corrected chi connectivity index (χ2v) is 7.03. The van der Waals surface area contributed by atoms with Gasteiger partial charge in [0.15, 0.2) is 0 Å².